The molecule has 6 heteroatoms. The van der Waals surface area contributed by atoms with Gasteiger partial charge in [0, 0.05) is 12.4 Å². The van der Waals surface area contributed by atoms with Crippen LogP contribution in [0.2, 0.25) is 0 Å². The summed E-state index contributed by atoms with van der Waals surface area (Å²) in [5.41, 5.74) is 0.771. The van der Waals surface area contributed by atoms with Crippen LogP contribution in [-0.4, -0.2) is 33.3 Å². The van der Waals surface area contributed by atoms with Crippen molar-refractivity contribution in [3.05, 3.63) is 17.5 Å². The van der Waals surface area contributed by atoms with Crippen LogP contribution in [0, 0.1) is 0 Å². The summed E-state index contributed by atoms with van der Waals surface area (Å²) < 4.78 is 5.97. The third-order valence-corrected chi connectivity index (χ3v) is 2.41. The van der Waals surface area contributed by atoms with Crippen molar-refractivity contribution in [2.45, 2.75) is 6.10 Å². The molecule has 0 fully saturated rings. The molecule has 1 unspecified atom stereocenters. The van der Waals surface area contributed by atoms with Gasteiger partial charge in [-0.25, -0.2) is 4.79 Å². The fourth-order valence-corrected chi connectivity index (χ4v) is 1.41. The molecule has 1 aromatic heterocycles. The second kappa shape index (κ2) is 4.56. The van der Waals surface area contributed by atoms with Gasteiger partial charge in [0.05, 0.1) is 12.8 Å². The number of methoxy groups -OCH3 is 1. The molecule has 0 radical (unpaired) electrons. The predicted molar refractivity (Wildman–Crippen MR) is 53.3 cm³/mol. The number of halogens is 1. The van der Waals surface area contributed by atoms with Crippen molar-refractivity contribution in [3.63, 3.8) is 0 Å². The van der Waals surface area contributed by atoms with Gasteiger partial charge < -0.3 is 9.84 Å². The average molecular weight is 263 g/mol. The number of aromatic nitrogens is 2. The van der Waals surface area contributed by atoms with Gasteiger partial charge in [0.15, 0.2) is 5.69 Å². The van der Waals surface area contributed by atoms with Crippen molar-refractivity contribution < 1.29 is 14.6 Å². The van der Waals surface area contributed by atoms with Gasteiger partial charge in [-0.2, -0.15) is 5.10 Å². The number of hydrogen-bond donors (Lipinski definition) is 1. The number of nitrogens with zero attached hydrogens (tertiary/aromatic N) is 2. The number of aryl methyl sites for hydroxylation is 1. The molecule has 0 bridgehead atoms. The van der Waals surface area contributed by atoms with Gasteiger partial charge in [-0.05, 0) is 6.07 Å². The number of aliphatic hydroxyl groups excluding tert-OH is 1. The van der Waals surface area contributed by atoms with Crippen LogP contribution in [0.4, 0.5) is 0 Å². The summed E-state index contributed by atoms with van der Waals surface area (Å²) >= 11 is 3.14. The number of carbonyl (C=O) groups is 1. The fourth-order valence-electron chi connectivity index (χ4n) is 1.08. The summed E-state index contributed by atoms with van der Waals surface area (Å²) in [6.45, 7) is 0. The summed E-state index contributed by atoms with van der Waals surface area (Å²) in [7, 11) is 2.95. The van der Waals surface area contributed by atoms with E-state index in [0.717, 1.165) is 0 Å². The zero-order valence-electron chi connectivity index (χ0n) is 7.90. The summed E-state index contributed by atoms with van der Waals surface area (Å²) in [4.78, 5) is 11.1. The zero-order chi connectivity index (χ0) is 10.7. The Hall–Kier alpha value is -0.880. The van der Waals surface area contributed by atoms with Gasteiger partial charge in [0.2, 0.25) is 0 Å². The first-order valence-corrected chi connectivity index (χ1v) is 5.08. The standard InChI is InChI=1S/C8H11BrN2O3/c1-11-6(7(12)4-9)3-5(10-11)8(13)14-2/h3,7,12H,4H2,1-2H3. The fraction of sp³-hybridized carbons (Fsp3) is 0.500. The molecule has 0 spiro atoms. The van der Waals surface area contributed by atoms with E-state index < -0.39 is 12.1 Å². The Kier molecular flexibility index (Phi) is 3.65. The maximum Gasteiger partial charge on any atom is 0.358 e. The largest absolute Gasteiger partial charge is 0.464 e. The average Bonchev–Trinajstić information content (AvgIpc) is 2.58. The van der Waals surface area contributed by atoms with E-state index in [1.807, 2.05) is 0 Å². The highest BCUT2D eigenvalue weighted by Gasteiger charge is 2.17. The molecular weight excluding hydrogens is 252 g/mol. The van der Waals surface area contributed by atoms with Crippen molar-refractivity contribution >= 4 is 21.9 Å². The SMILES string of the molecule is COC(=O)c1cc(C(O)CBr)n(C)n1. The highest BCUT2D eigenvalue weighted by Crippen LogP contribution is 2.15. The minimum atomic E-state index is -0.675. The molecule has 0 aliphatic heterocycles. The molecule has 1 rings (SSSR count). The van der Waals surface area contributed by atoms with Crippen molar-refractivity contribution in [3.8, 4) is 0 Å². The Labute approximate surface area is 89.8 Å². The van der Waals surface area contributed by atoms with E-state index in [0.29, 0.717) is 11.0 Å². The Morgan fingerprint density at radius 1 is 1.86 bits per heavy atom. The van der Waals surface area contributed by atoms with Gasteiger partial charge in [-0.3, -0.25) is 4.68 Å². The number of ether oxygens (including phenoxy) is 1. The first kappa shape index (κ1) is 11.2. The summed E-state index contributed by atoms with van der Waals surface area (Å²) in [6, 6.07) is 1.51. The van der Waals surface area contributed by atoms with Crippen LogP contribution in [0.5, 0.6) is 0 Å². The van der Waals surface area contributed by atoms with E-state index >= 15 is 0 Å². The Balaban J connectivity index is 2.98. The van der Waals surface area contributed by atoms with E-state index in [1.54, 1.807) is 7.05 Å². The second-order valence-corrected chi connectivity index (χ2v) is 3.39. The van der Waals surface area contributed by atoms with E-state index in [4.69, 9.17) is 0 Å². The van der Waals surface area contributed by atoms with E-state index in [-0.39, 0.29) is 5.69 Å². The molecule has 0 aliphatic carbocycles. The molecule has 14 heavy (non-hydrogen) atoms. The lowest BCUT2D eigenvalue weighted by atomic mass is 10.2. The minimum absolute atomic E-state index is 0.199. The number of esters is 1. The monoisotopic (exact) mass is 262 g/mol. The highest BCUT2D eigenvalue weighted by atomic mass is 79.9. The third kappa shape index (κ3) is 2.13. The number of alkyl halides is 1. The summed E-state index contributed by atoms with van der Waals surface area (Å²) in [5.74, 6) is -0.506. The van der Waals surface area contributed by atoms with Gasteiger partial charge >= 0.3 is 5.97 Å². The molecule has 0 saturated carbocycles. The maximum absolute atomic E-state index is 11.1. The summed E-state index contributed by atoms with van der Waals surface area (Å²) in [6.07, 6.45) is -0.675. The number of hydrogen-bond acceptors (Lipinski definition) is 4. The van der Waals surface area contributed by atoms with E-state index in [1.165, 1.54) is 17.9 Å². The van der Waals surface area contributed by atoms with Crippen molar-refractivity contribution in [2.75, 3.05) is 12.4 Å². The lowest BCUT2D eigenvalue weighted by Gasteiger charge is -2.05. The molecule has 0 aromatic carbocycles. The summed E-state index contributed by atoms with van der Waals surface area (Å²) in [5, 5.41) is 13.8. The molecule has 0 aliphatic rings. The quantitative estimate of drug-likeness (QED) is 0.642. The van der Waals surface area contributed by atoms with Crippen molar-refractivity contribution in [1.29, 1.82) is 0 Å². The normalized spacial score (nSPS) is 12.6. The predicted octanol–water partition coefficient (Wildman–Crippen LogP) is 0.635. The van der Waals surface area contributed by atoms with E-state index in [9.17, 15) is 9.90 Å². The number of aliphatic hydroxyl groups is 1. The van der Waals surface area contributed by atoms with Crippen molar-refractivity contribution in [2.24, 2.45) is 7.05 Å². The molecule has 0 saturated heterocycles. The smallest absolute Gasteiger partial charge is 0.358 e. The molecule has 1 N–H and O–H groups in total. The van der Waals surface area contributed by atoms with Gasteiger partial charge in [-0.1, -0.05) is 15.9 Å². The van der Waals surface area contributed by atoms with Gasteiger partial charge in [0.25, 0.3) is 0 Å². The molecule has 1 aromatic rings. The topological polar surface area (TPSA) is 64.3 Å². The van der Waals surface area contributed by atoms with Crippen molar-refractivity contribution in [1.82, 2.24) is 9.78 Å². The first-order chi connectivity index (χ1) is 6.60. The zero-order valence-corrected chi connectivity index (χ0v) is 9.48. The van der Waals surface area contributed by atoms with Crippen LogP contribution >= 0.6 is 15.9 Å². The molecule has 5 nitrogen and oxygen atoms in total. The number of carbonyl (C=O) groups excluding carboxylic acids is 1. The van der Waals surface area contributed by atoms with E-state index in [2.05, 4.69) is 25.8 Å². The minimum Gasteiger partial charge on any atom is -0.464 e. The first-order valence-electron chi connectivity index (χ1n) is 3.96. The molecule has 1 heterocycles. The lowest BCUT2D eigenvalue weighted by molar-refractivity contribution is 0.0593. The van der Waals surface area contributed by atoms with Crippen LogP contribution in [0.3, 0.4) is 0 Å². The number of rotatable bonds is 3. The third-order valence-electron chi connectivity index (χ3n) is 1.80. The Morgan fingerprint density at radius 3 is 3.00 bits per heavy atom. The van der Waals surface area contributed by atoms with Gasteiger partial charge in [-0.15, -0.1) is 0 Å². The Bertz CT molecular complexity index is 337. The lowest BCUT2D eigenvalue weighted by Crippen LogP contribution is -2.06. The second-order valence-electron chi connectivity index (χ2n) is 2.74. The van der Waals surface area contributed by atoms with Crippen LogP contribution in [0.15, 0.2) is 6.07 Å². The molecule has 78 valence electrons. The van der Waals surface area contributed by atoms with Gasteiger partial charge in [0.1, 0.15) is 6.10 Å². The van der Waals surface area contributed by atoms with Crippen LogP contribution in [-0.2, 0) is 11.8 Å². The highest BCUT2D eigenvalue weighted by molar-refractivity contribution is 9.09. The van der Waals surface area contributed by atoms with Crippen LogP contribution < -0.4 is 0 Å². The maximum atomic E-state index is 11.1. The molecular formula is C8H11BrN2O3. The molecule has 0 amide bonds. The Morgan fingerprint density at radius 2 is 2.50 bits per heavy atom. The molecule has 1 atom stereocenters. The van der Waals surface area contributed by atoms with Crippen LogP contribution in [0.25, 0.3) is 0 Å². The van der Waals surface area contributed by atoms with Crippen LogP contribution in [0.1, 0.15) is 22.3 Å².